The predicted molar refractivity (Wildman–Crippen MR) is 135 cm³/mol. The molecule has 0 aromatic carbocycles. The molecule has 1 saturated heterocycles. The highest BCUT2D eigenvalue weighted by atomic mass is 32.1. The molecule has 3 aromatic heterocycles. The van der Waals surface area contributed by atoms with Gasteiger partial charge in [-0.1, -0.05) is 0 Å². The number of methoxy groups -OCH3 is 1. The number of anilines is 1. The van der Waals surface area contributed by atoms with Gasteiger partial charge in [0, 0.05) is 59.5 Å². The minimum absolute atomic E-state index is 0.0559. The van der Waals surface area contributed by atoms with Crippen molar-refractivity contribution in [3.63, 3.8) is 0 Å². The Morgan fingerprint density at radius 3 is 2.82 bits per heavy atom. The summed E-state index contributed by atoms with van der Waals surface area (Å²) < 4.78 is 10.7. The van der Waals surface area contributed by atoms with Crippen molar-refractivity contribution in [2.24, 2.45) is 0 Å². The number of piperazine rings is 1. The van der Waals surface area contributed by atoms with Crippen molar-refractivity contribution in [1.82, 2.24) is 25.1 Å². The number of thiophene rings is 1. The van der Waals surface area contributed by atoms with E-state index in [9.17, 15) is 4.79 Å². The van der Waals surface area contributed by atoms with Crippen molar-refractivity contribution in [2.45, 2.75) is 19.9 Å². The molecule has 10 heteroatoms. The van der Waals surface area contributed by atoms with Crippen molar-refractivity contribution >= 4 is 33.3 Å². The third-order valence-electron chi connectivity index (χ3n) is 6.21. The summed E-state index contributed by atoms with van der Waals surface area (Å²) in [4.78, 5) is 30.6. The molecule has 3 aromatic rings. The molecule has 1 aliphatic rings. The van der Waals surface area contributed by atoms with E-state index in [-0.39, 0.29) is 5.91 Å². The van der Waals surface area contributed by atoms with E-state index < -0.39 is 0 Å². The number of nitrogens with one attached hydrogen (secondary N) is 1. The van der Waals surface area contributed by atoms with Crippen LogP contribution in [0.4, 0.5) is 5.82 Å². The summed E-state index contributed by atoms with van der Waals surface area (Å²) >= 11 is 1.44. The Balaban J connectivity index is 1.41. The van der Waals surface area contributed by atoms with E-state index in [1.54, 1.807) is 19.7 Å². The number of hydrogen-bond acceptors (Lipinski definition) is 9. The zero-order chi connectivity index (χ0) is 23.9. The van der Waals surface area contributed by atoms with E-state index in [1.165, 1.54) is 11.3 Å². The number of fused-ring (bicyclic) bond motifs is 1. The molecule has 1 aliphatic heterocycles. The summed E-state index contributed by atoms with van der Waals surface area (Å²) in [5, 5.41) is 4.11. The lowest BCUT2D eigenvalue weighted by Gasteiger charge is -2.33. The van der Waals surface area contributed by atoms with Crippen LogP contribution in [-0.2, 0) is 11.3 Å². The van der Waals surface area contributed by atoms with E-state index in [1.807, 2.05) is 19.1 Å². The Kier molecular flexibility index (Phi) is 8.49. The SMILES string of the molecule is COCCCN(CCNC(=O)c1sc2ncnc(N3CCN(C)CC3)c2c1C)Cc1ccco1. The monoisotopic (exact) mass is 486 g/mol. The number of carbonyl (C=O) groups is 1. The van der Waals surface area contributed by atoms with Crippen LogP contribution < -0.4 is 10.2 Å². The molecule has 0 saturated carbocycles. The molecule has 1 amide bonds. The van der Waals surface area contributed by atoms with Gasteiger partial charge in [0.25, 0.3) is 5.91 Å². The number of ether oxygens (including phenoxy) is 1. The molecule has 0 unspecified atom stereocenters. The van der Waals surface area contributed by atoms with Gasteiger partial charge in [-0.3, -0.25) is 9.69 Å². The van der Waals surface area contributed by atoms with Crippen LogP contribution in [0.2, 0.25) is 0 Å². The number of aromatic nitrogens is 2. The van der Waals surface area contributed by atoms with E-state index in [0.717, 1.165) is 73.0 Å². The van der Waals surface area contributed by atoms with Crippen molar-refractivity contribution in [3.05, 3.63) is 40.9 Å². The van der Waals surface area contributed by atoms with E-state index in [4.69, 9.17) is 9.15 Å². The van der Waals surface area contributed by atoms with Gasteiger partial charge in [0.1, 0.15) is 22.7 Å². The lowest BCUT2D eigenvalue weighted by Crippen LogP contribution is -2.44. The van der Waals surface area contributed by atoms with Crippen molar-refractivity contribution in [2.75, 3.05) is 71.5 Å². The second kappa shape index (κ2) is 11.7. The van der Waals surface area contributed by atoms with Gasteiger partial charge in [-0.15, -0.1) is 11.3 Å². The zero-order valence-electron chi connectivity index (χ0n) is 20.2. The van der Waals surface area contributed by atoms with Crippen molar-refractivity contribution in [3.8, 4) is 0 Å². The third kappa shape index (κ3) is 5.93. The maximum Gasteiger partial charge on any atom is 0.261 e. The van der Waals surface area contributed by atoms with Crippen LogP contribution in [0, 0.1) is 6.92 Å². The van der Waals surface area contributed by atoms with Gasteiger partial charge < -0.3 is 24.3 Å². The average Bonchev–Trinajstić information content (AvgIpc) is 3.47. The van der Waals surface area contributed by atoms with Crippen LogP contribution >= 0.6 is 11.3 Å². The molecule has 0 atom stereocenters. The molecule has 0 spiro atoms. The fraction of sp³-hybridized carbons (Fsp3) is 0.542. The number of likely N-dealkylation sites (N-methyl/N-ethyl adjacent to an activating group) is 1. The van der Waals surface area contributed by atoms with Crippen LogP contribution in [0.25, 0.3) is 10.2 Å². The zero-order valence-corrected chi connectivity index (χ0v) is 21.1. The molecule has 184 valence electrons. The molecular formula is C24H34N6O3S. The van der Waals surface area contributed by atoms with Gasteiger partial charge in [0.15, 0.2) is 0 Å². The van der Waals surface area contributed by atoms with Gasteiger partial charge >= 0.3 is 0 Å². The molecule has 34 heavy (non-hydrogen) atoms. The minimum atomic E-state index is -0.0559. The van der Waals surface area contributed by atoms with Crippen LogP contribution in [-0.4, -0.2) is 92.3 Å². The van der Waals surface area contributed by atoms with Crippen LogP contribution in [0.3, 0.4) is 0 Å². The molecule has 1 fully saturated rings. The van der Waals surface area contributed by atoms with Gasteiger partial charge in [-0.2, -0.15) is 0 Å². The Morgan fingerprint density at radius 2 is 2.09 bits per heavy atom. The quantitative estimate of drug-likeness (QED) is 0.414. The first kappa shape index (κ1) is 24.6. The first-order valence-electron chi connectivity index (χ1n) is 11.8. The highest BCUT2D eigenvalue weighted by molar-refractivity contribution is 7.20. The number of rotatable bonds is 11. The Bertz CT molecular complexity index is 1060. The molecule has 4 heterocycles. The minimum Gasteiger partial charge on any atom is -0.468 e. The lowest BCUT2D eigenvalue weighted by atomic mass is 10.1. The van der Waals surface area contributed by atoms with Gasteiger partial charge in [0.05, 0.1) is 23.1 Å². The molecule has 4 rings (SSSR count). The fourth-order valence-electron chi connectivity index (χ4n) is 4.26. The van der Waals surface area contributed by atoms with Crippen LogP contribution in [0.15, 0.2) is 29.1 Å². The van der Waals surface area contributed by atoms with E-state index in [2.05, 4.69) is 37.0 Å². The maximum atomic E-state index is 13.1. The smallest absolute Gasteiger partial charge is 0.261 e. The fourth-order valence-corrected chi connectivity index (χ4v) is 5.32. The number of nitrogens with zero attached hydrogens (tertiary/aromatic N) is 5. The second-order valence-corrected chi connectivity index (χ2v) is 9.68. The second-order valence-electron chi connectivity index (χ2n) is 8.68. The Hall–Kier alpha value is -2.53. The molecule has 0 bridgehead atoms. The Morgan fingerprint density at radius 1 is 1.26 bits per heavy atom. The van der Waals surface area contributed by atoms with Crippen LogP contribution in [0.5, 0.6) is 0 Å². The topological polar surface area (TPSA) is 87.0 Å². The van der Waals surface area contributed by atoms with E-state index in [0.29, 0.717) is 24.6 Å². The van der Waals surface area contributed by atoms with E-state index >= 15 is 0 Å². The predicted octanol–water partition coefficient (Wildman–Crippen LogP) is 2.61. The third-order valence-corrected chi connectivity index (χ3v) is 7.41. The summed E-state index contributed by atoms with van der Waals surface area (Å²) in [6.45, 7) is 9.42. The largest absolute Gasteiger partial charge is 0.468 e. The van der Waals surface area contributed by atoms with Crippen molar-refractivity contribution in [1.29, 1.82) is 0 Å². The molecular weight excluding hydrogens is 452 g/mol. The summed E-state index contributed by atoms with van der Waals surface area (Å²) in [5.41, 5.74) is 0.958. The highest BCUT2D eigenvalue weighted by Crippen LogP contribution is 2.35. The number of amides is 1. The van der Waals surface area contributed by atoms with Gasteiger partial charge in [-0.25, -0.2) is 9.97 Å². The first-order valence-corrected chi connectivity index (χ1v) is 12.6. The summed E-state index contributed by atoms with van der Waals surface area (Å²) in [6.07, 6.45) is 4.22. The number of carbonyl (C=O) groups excluding carboxylic acids is 1. The molecule has 9 nitrogen and oxygen atoms in total. The van der Waals surface area contributed by atoms with Crippen molar-refractivity contribution < 1.29 is 13.9 Å². The van der Waals surface area contributed by atoms with Gasteiger partial charge in [-0.05, 0) is 38.1 Å². The number of hydrogen-bond donors (Lipinski definition) is 1. The molecule has 1 N–H and O–H groups in total. The molecule has 0 aliphatic carbocycles. The number of aryl methyl sites for hydroxylation is 1. The highest BCUT2D eigenvalue weighted by Gasteiger charge is 2.23. The normalized spacial score (nSPS) is 14.9. The summed E-state index contributed by atoms with van der Waals surface area (Å²) in [7, 11) is 3.85. The number of furan rings is 1. The van der Waals surface area contributed by atoms with Gasteiger partial charge in [0.2, 0.25) is 0 Å². The standard InChI is InChI=1S/C24H34N6O3S/c1-18-20-22(30-12-10-28(2)11-13-30)26-17-27-24(20)34-21(18)23(31)25-7-9-29(8-5-14-32-3)16-19-6-4-15-33-19/h4,6,15,17H,5,7-14,16H2,1-3H3,(H,25,31). The Labute approximate surface area is 204 Å². The summed E-state index contributed by atoms with van der Waals surface area (Å²) in [5.74, 6) is 1.80. The van der Waals surface area contributed by atoms with Crippen LogP contribution in [0.1, 0.15) is 27.4 Å². The summed E-state index contributed by atoms with van der Waals surface area (Å²) in [6, 6.07) is 3.87. The maximum absolute atomic E-state index is 13.1. The molecule has 0 radical (unpaired) electrons. The first-order chi connectivity index (χ1) is 16.6. The lowest BCUT2D eigenvalue weighted by molar-refractivity contribution is 0.0949. The average molecular weight is 487 g/mol.